The topological polar surface area (TPSA) is 80.8 Å². The van der Waals surface area contributed by atoms with Crippen LogP contribution in [-0.4, -0.2) is 49.1 Å². The van der Waals surface area contributed by atoms with E-state index in [4.69, 9.17) is 9.97 Å². The summed E-state index contributed by atoms with van der Waals surface area (Å²) < 4.78 is 0. The van der Waals surface area contributed by atoms with Crippen LogP contribution in [-0.2, 0) is 6.42 Å². The van der Waals surface area contributed by atoms with Crippen LogP contribution in [0.25, 0.3) is 22.1 Å². The van der Waals surface area contributed by atoms with Gasteiger partial charge in [0.1, 0.15) is 11.6 Å². The molecule has 2 aromatic heterocycles. The maximum absolute atomic E-state index is 9.86. The smallest absolute Gasteiger partial charge is 0.125 e. The molecule has 138 valence electrons. The van der Waals surface area contributed by atoms with E-state index in [1.807, 2.05) is 36.4 Å². The zero-order chi connectivity index (χ0) is 18.2. The molecule has 1 aliphatic rings. The van der Waals surface area contributed by atoms with Crippen molar-refractivity contribution < 1.29 is 5.11 Å². The molecule has 1 saturated heterocycles. The van der Waals surface area contributed by atoms with Gasteiger partial charge in [-0.3, -0.25) is 4.90 Å². The average Bonchev–Trinajstić information content (AvgIpc) is 3.42. The van der Waals surface area contributed by atoms with Crippen LogP contribution < -0.4 is 0 Å². The third-order valence-electron chi connectivity index (χ3n) is 5.58. The molecule has 5 rings (SSSR count). The highest BCUT2D eigenvalue weighted by Crippen LogP contribution is 2.31. The number of imidazole rings is 2. The van der Waals surface area contributed by atoms with Crippen LogP contribution in [0.4, 0.5) is 0 Å². The van der Waals surface area contributed by atoms with Crippen molar-refractivity contribution in [3.8, 4) is 0 Å². The summed E-state index contributed by atoms with van der Waals surface area (Å²) in [4.78, 5) is 18.9. The van der Waals surface area contributed by atoms with Gasteiger partial charge in [-0.05, 0) is 43.7 Å². The number of aliphatic hydroxyl groups is 1. The molecule has 1 fully saturated rings. The third-order valence-corrected chi connectivity index (χ3v) is 5.58. The highest BCUT2D eigenvalue weighted by atomic mass is 16.3. The zero-order valence-electron chi connectivity index (χ0n) is 15.1. The van der Waals surface area contributed by atoms with Crippen LogP contribution >= 0.6 is 0 Å². The van der Waals surface area contributed by atoms with Crippen molar-refractivity contribution in [2.24, 2.45) is 0 Å². The van der Waals surface area contributed by atoms with E-state index >= 15 is 0 Å². The van der Waals surface area contributed by atoms with Gasteiger partial charge in [-0.15, -0.1) is 0 Å². The van der Waals surface area contributed by atoms with Crippen LogP contribution in [0.15, 0.2) is 48.5 Å². The Bertz CT molecular complexity index is 1000. The summed E-state index contributed by atoms with van der Waals surface area (Å²) in [5.74, 6) is 1.89. The summed E-state index contributed by atoms with van der Waals surface area (Å²) in [6.07, 6.45) is 2.85. The monoisotopic (exact) mass is 361 g/mol. The quantitative estimate of drug-likeness (QED) is 0.510. The first-order valence-corrected chi connectivity index (χ1v) is 9.56. The van der Waals surface area contributed by atoms with E-state index in [-0.39, 0.29) is 18.7 Å². The van der Waals surface area contributed by atoms with Gasteiger partial charge in [0.05, 0.1) is 34.7 Å². The van der Waals surface area contributed by atoms with E-state index < -0.39 is 0 Å². The Morgan fingerprint density at radius 2 is 1.70 bits per heavy atom. The molecular weight excluding hydrogens is 338 g/mol. The van der Waals surface area contributed by atoms with Crippen molar-refractivity contribution in [2.75, 3.05) is 13.2 Å². The highest BCUT2D eigenvalue weighted by molar-refractivity contribution is 5.75. The molecule has 6 heteroatoms. The fraction of sp³-hybridized carbons (Fsp3) is 0.333. The van der Waals surface area contributed by atoms with Crippen LogP contribution in [0.5, 0.6) is 0 Å². The zero-order valence-corrected chi connectivity index (χ0v) is 15.1. The number of para-hydroxylation sites is 4. The van der Waals surface area contributed by atoms with Gasteiger partial charge in [0, 0.05) is 12.5 Å². The van der Waals surface area contributed by atoms with Gasteiger partial charge in [0.2, 0.25) is 0 Å². The largest absolute Gasteiger partial charge is 0.395 e. The molecule has 0 amide bonds. The third kappa shape index (κ3) is 3.01. The summed E-state index contributed by atoms with van der Waals surface area (Å²) in [5, 5.41) is 9.86. The van der Waals surface area contributed by atoms with Crippen molar-refractivity contribution in [1.82, 2.24) is 24.8 Å². The molecule has 0 saturated carbocycles. The molecule has 2 unspecified atom stereocenters. The Hall–Kier alpha value is -2.70. The molecule has 2 atom stereocenters. The second-order valence-electron chi connectivity index (χ2n) is 7.28. The fourth-order valence-corrected chi connectivity index (χ4v) is 4.25. The number of nitrogens with zero attached hydrogens (tertiary/aromatic N) is 3. The molecule has 0 spiro atoms. The first kappa shape index (κ1) is 16.5. The van der Waals surface area contributed by atoms with Crippen LogP contribution in [0.2, 0.25) is 0 Å². The number of aliphatic hydroxyl groups excluding tert-OH is 1. The second kappa shape index (κ2) is 6.79. The summed E-state index contributed by atoms with van der Waals surface area (Å²) in [6.45, 7) is 1.14. The number of benzene rings is 2. The second-order valence-corrected chi connectivity index (χ2v) is 7.28. The maximum Gasteiger partial charge on any atom is 0.125 e. The predicted molar refractivity (Wildman–Crippen MR) is 105 cm³/mol. The van der Waals surface area contributed by atoms with E-state index in [9.17, 15) is 5.11 Å². The average molecular weight is 361 g/mol. The lowest BCUT2D eigenvalue weighted by molar-refractivity contribution is 0.114. The lowest BCUT2D eigenvalue weighted by atomic mass is 10.1. The number of fused-ring (bicyclic) bond motifs is 2. The molecule has 27 heavy (non-hydrogen) atoms. The molecular formula is C21H23N5O. The molecule has 0 radical (unpaired) electrons. The van der Waals surface area contributed by atoms with Gasteiger partial charge in [-0.2, -0.15) is 0 Å². The van der Waals surface area contributed by atoms with Gasteiger partial charge < -0.3 is 15.1 Å². The number of nitrogens with one attached hydrogen (secondary N) is 2. The molecule has 4 aromatic rings. The highest BCUT2D eigenvalue weighted by Gasteiger charge is 2.33. The number of hydrogen-bond acceptors (Lipinski definition) is 4. The van der Waals surface area contributed by atoms with Gasteiger partial charge in [-0.1, -0.05) is 24.3 Å². The molecule has 3 heterocycles. The van der Waals surface area contributed by atoms with Crippen LogP contribution in [0.1, 0.15) is 30.5 Å². The number of aromatic nitrogens is 4. The van der Waals surface area contributed by atoms with Crippen molar-refractivity contribution in [3.63, 3.8) is 0 Å². The van der Waals surface area contributed by atoms with Gasteiger partial charge in [0.25, 0.3) is 0 Å². The van der Waals surface area contributed by atoms with Gasteiger partial charge in [0.15, 0.2) is 0 Å². The lowest BCUT2D eigenvalue weighted by Gasteiger charge is -2.30. The Morgan fingerprint density at radius 3 is 2.41 bits per heavy atom. The first-order valence-electron chi connectivity index (χ1n) is 9.56. The Morgan fingerprint density at radius 1 is 1.00 bits per heavy atom. The van der Waals surface area contributed by atoms with Crippen molar-refractivity contribution in [3.05, 3.63) is 60.2 Å². The minimum absolute atomic E-state index is 0.0533. The molecule has 6 nitrogen and oxygen atoms in total. The normalized spacial score (nSPS) is 19.2. The summed E-state index contributed by atoms with van der Waals surface area (Å²) in [7, 11) is 0. The molecule has 2 aromatic carbocycles. The fourth-order valence-electron chi connectivity index (χ4n) is 4.25. The molecule has 1 aliphatic heterocycles. The predicted octanol–water partition coefficient (Wildman–Crippen LogP) is 3.18. The van der Waals surface area contributed by atoms with E-state index in [2.05, 4.69) is 27.0 Å². The number of likely N-dealkylation sites (tertiary alicyclic amines) is 1. The van der Waals surface area contributed by atoms with E-state index in [1.54, 1.807) is 0 Å². The number of hydrogen-bond donors (Lipinski definition) is 3. The maximum atomic E-state index is 9.86. The van der Waals surface area contributed by atoms with Gasteiger partial charge >= 0.3 is 0 Å². The van der Waals surface area contributed by atoms with Crippen molar-refractivity contribution in [2.45, 2.75) is 31.3 Å². The SMILES string of the molecule is OCC1CCCN1C(Cc1nc2ccccc2[nH]1)c1nc2ccccc2[nH]1. The molecule has 3 N–H and O–H groups in total. The standard InChI is InChI=1S/C21H23N5O/c27-13-14-6-5-11-26(14)19(21-24-17-9-3-4-10-18(17)25-21)12-20-22-15-7-1-2-8-16(15)23-20/h1-4,7-10,14,19,27H,5-6,11-13H2,(H,22,23)(H,24,25). The Balaban J connectivity index is 1.54. The Labute approximate surface area is 157 Å². The molecule has 0 aliphatic carbocycles. The summed E-state index contributed by atoms with van der Waals surface area (Å²) in [6, 6.07) is 16.4. The van der Waals surface area contributed by atoms with Crippen molar-refractivity contribution in [1.29, 1.82) is 0 Å². The number of H-pyrrole nitrogens is 2. The van der Waals surface area contributed by atoms with Gasteiger partial charge in [-0.25, -0.2) is 9.97 Å². The molecule has 0 bridgehead atoms. The van der Waals surface area contributed by atoms with E-state index in [0.717, 1.165) is 59.5 Å². The number of aromatic amines is 2. The van der Waals surface area contributed by atoms with Crippen molar-refractivity contribution >= 4 is 22.1 Å². The Kier molecular flexibility index (Phi) is 4.14. The van der Waals surface area contributed by atoms with E-state index in [0.29, 0.717) is 0 Å². The minimum atomic E-state index is 0.0533. The lowest BCUT2D eigenvalue weighted by Crippen LogP contribution is -2.37. The van der Waals surface area contributed by atoms with Crippen LogP contribution in [0.3, 0.4) is 0 Å². The van der Waals surface area contributed by atoms with Crippen LogP contribution in [0, 0.1) is 0 Å². The first-order chi connectivity index (χ1) is 13.3. The minimum Gasteiger partial charge on any atom is -0.395 e. The number of rotatable bonds is 5. The summed E-state index contributed by atoms with van der Waals surface area (Å²) >= 11 is 0. The van der Waals surface area contributed by atoms with E-state index in [1.165, 1.54) is 0 Å². The summed E-state index contributed by atoms with van der Waals surface area (Å²) in [5.41, 5.74) is 4.05.